The van der Waals surface area contributed by atoms with Gasteiger partial charge in [0.05, 0.1) is 10.6 Å². The molecule has 1 aliphatic heterocycles. The zero-order chi connectivity index (χ0) is 19.7. The number of anilines is 1. The lowest BCUT2D eigenvalue weighted by Crippen LogP contribution is -2.36. The second-order valence-electron chi connectivity index (χ2n) is 7.49. The van der Waals surface area contributed by atoms with Crippen LogP contribution in [0.2, 0.25) is 5.02 Å². The predicted molar refractivity (Wildman–Crippen MR) is 93.4 cm³/mol. The number of carbonyl (C=O) groups is 1. The molecule has 0 bridgehead atoms. The summed E-state index contributed by atoms with van der Waals surface area (Å²) in [7, 11) is 1.72. The predicted octanol–water partition coefficient (Wildman–Crippen LogP) is 4.45. The first-order valence-corrected chi connectivity index (χ1v) is 8.66. The summed E-state index contributed by atoms with van der Waals surface area (Å²) >= 11 is 5.98. The molecule has 1 aromatic heterocycles. The number of likely N-dealkylation sites (tertiary alicyclic amines) is 1. The number of hydrogen-bond acceptors (Lipinski definition) is 4. The highest BCUT2D eigenvalue weighted by Gasteiger charge is 2.33. The van der Waals surface area contributed by atoms with Gasteiger partial charge in [-0.3, -0.25) is 0 Å². The Morgan fingerprint density at radius 3 is 2.62 bits per heavy atom. The van der Waals surface area contributed by atoms with E-state index >= 15 is 0 Å². The first kappa shape index (κ1) is 20.6. The summed E-state index contributed by atoms with van der Waals surface area (Å²) in [6.07, 6.45) is -3.28. The van der Waals surface area contributed by atoms with Crippen molar-refractivity contribution >= 4 is 23.5 Å². The summed E-state index contributed by atoms with van der Waals surface area (Å²) < 4.78 is 43.5. The molecule has 1 atom stereocenters. The number of amides is 1. The minimum absolute atomic E-state index is 0.0516. The maximum atomic E-state index is 12.7. The van der Waals surface area contributed by atoms with E-state index in [9.17, 15) is 18.0 Å². The maximum Gasteiger partial charge on any atom is 0.417 e. The summed E-state index contributed by atoms with van der Waals surface area (Å²) in [5, 5.41) is -0.0516. The Morgan fingerprint density at radius 1 is 1.42 bits per heavy atom. The minimum atomic E-state index is -4.48. The van der Waals surface area contributed by atoms with Crippen molar-refractivity contribution in [3.05, 3.63) is 22.8 Å². The van der Waals surface area contributed by atoms with Crippen LogP contribution in [0.25, 0.3) is 0 Å². The van der Waals surface area contributed by atoms with Crippen molar-refractivity contribution in [2.75, 3.05) is 31.6 Å². The lowest BCUT2D eigenvalue weighted by Gasteiger charge is -2.25. The molecule has 2 heterocycles. The number of aromatic nitrogens is 1. The molecule has 5 nitrogen and oxygen atoms in total. The summed E-state index contributed by atoms with van der Waals surface area (Å²) in [4.78, 5) is 19.3. The van der Waals surface area contributed by atoms with Crippen LogP contribution in [0.3, 0.4) is 0 Å². The SMILES string of the molecule is CN(C[C@H]1CCN(C(=O)OC(C)(C)C)C1)c1ncc(C(F)(F)F)cc1Cl. The standard InChI is InChI=1S/C17H23ClF3N3O2/c1-16(2,3)26-15(25)24-6-5-11(10-24)9-23(4)14-13(18)7-12(8-22-14)17(19,20)21/h7-8,11H,5-6,9-10H2,1-4H3/t11-/m1/s1. The molecule has 0 spiro atoms. The van der Waals surface area contributed by atoms with Gasteiger partial charge >= 0.3 is 12.3 Å². The fourth-order valence-corrected chi connectivity index (χ4v) is 3.12. The number of ether oxygens (including phenoxy) is 1. The normalized spacial score (nSPS) is 18.2. The molecule has 0 N–H and O–H groups in total. The van der Waals surface area contributed by atoms with Crippen LogP contribution in [-0.2, 0) is 10.9 Å². The van der Waals surface area contributed by atoms with Crippen LogP contribution >= 0.6 is 11.6 Å². The molecule has 1 fully saturated rings. The van der Waals surface area contributed by atoms with Gasteiger partial charge in [0.2, 0.25) is 0 Å². The van der Waals surface area contributed by atoms with Gasteiger partial charge in [-0.05, 0) is 39.2 Å². The van der Waals surface area contributed by atoms with Crippen LogP contribution < -0.4 is 4.90 Å². The van der Waals surface area contributed by atoms with E-state index in [1.54, 1.807) is 16.8 Å². The summed E-state index contributed by atoms with van der Waals surface area (Å²) in [5.74, 6) is 0.447. The molecule has 2 rings (SSSR count). The summed E-state index contributed by atoms with van der Waals surface area (Å²) in [5.41, 5.74) is -1.43. The van der Waals surface area contributed by atoms with Crippen LogP contribution in [0.15, 0.2) is 12.3 Å². The van der Waals surface area contributed by atoms with Crippen molar-refractivity contribution in [2.45, 2.75) is 39.0 Å². The molecular formula is C17H23ClF3N3O2. The van der Waals surface area contributed by atoms with Gasteiger partial charge in [-0.25, -0.2) is 9.78 Å². The number of halogens is 4. The van der Waals surface area contributed by atoms with E-state index in [0.717, 1.165) is 18.7 Å². The number of rotatable bonds is 3. The van der Waals surface area contributed by atoms with Gasteiger partial charge in [0.25, 0.3) is 0 Å². The van der Waals surface area contributed by atoms with E-state index in [4.69, 9.17) is 16.3 Å². The van der Waals surface area contributed by atoms with Crippen LogP contribution in [0, 0.1) is 5.92 Å². The molecule has 0 radical (unpaired) electrons. The Kier molecular flexibility index (Phi) is 5.95. The number of alkyl halides is 3. The molecule has 146 valence electrons. The van der Waals surface area contributed by atoms with Crippen LogP contribution in [-0.4, -0.2) is 48.3 Å². The largest absolute Gasteiger partial charge is 0.444 e. The van der Waals surface area contributed by atoms with Gasteiger partial charge in [0.1, 0.15) is 11.4 Å². The van der Waals surface area contributed by atoms with Gasteiger partial charge in [-0.15, -0.1) is 0 Å². The zero-order valence-corrected chi connectivity index (χ0v) is 16.0. The van der Waals surface area contributed by atoms with E-state index in [1.807, 2.05) is 20.8 Å². The smallest absolute Gasteiger partial charge is 0.417 e. The van der Waals surface area contributed by atoms with Crippen molar-refractivity contribution in [3.63, 3.8) is 0 Å². The van der Waals surface area contributed by atoms with Crippen LogP contribution in [0.1, 0.15) is 32.8 Å². The summed E-state index contributed by atoms with van der Waals surface area (Å²) in [6, 6.07) is 0.877. The third-order valence-corrected chi connectivity index (χ3v) is 4.26. The fourth-order valence-electron chi connectivity index (χ4n) is 2.81. The quantitative estimate of drug-likeness (QED) is 0.761. The van der Waals surface area contributed by atoms with Gasteiger partial charge in [-0.2, -0.15) is 13.2 Å². The third kappa shape index (κ3) is 5.40. The highest BCUT2D eigenvalue weighted by molar-refractivity contribution is 6.33. The van der Waals surface area contributed by atoms with Crippen molar-refractivity contribution in [1.82, 2.24) is 9.88 Å². The van der Waals surface area contributed by atoms with Crippen molar-refractivity contribution in [1.29, 1.82) is 0 Å². The first-order valence-electron chi connectivity index (χ1n) is 8.28. The summed E-state index contributed by atoms with van der Waals surface area (Å²) in [6.45, 7) is 7.07. The Hall–Kier alpha value is -1.70. The first-order chi connectivity index (χ1) is 11.9. The Labute approximate surface area is 156 Å². The molecule has 1 amide bonds. The molecule has 1 aromatic rings. The lowest BCUT2D eigenvalue weighted by atomic mass is 10.1. The van der Waals surface area contributed by atoms with Crippen molar-refractivity contribution in [2.24, 2.45) is 5.92 Å². The van der Waals surface area contributed by atoms with Crippen molar-refractivity contribution in [3.8, 4) is 0 Å². The number of carbonyl (C=O) groups excluding carboxylic acids is 1. The second kappa shape index (κ2) is 7.50. The van der Waals surface area contributed by atoms with E-state index in [2.05, 4.69) is 4.98 Å². The molecule has 9 heteroatoms. The van der Waals surface area contributed by atoms with Crippen LogP contribution in [0.5, 0.6) is 0 Å². The molecular weight excluding hydrogens is 371 g/mol. The topological polar surface area (TPSA) is 45.7 Å². The third-order valence-electron chi connectivity index (χ3n) is 3.98. The van der Waals surface area contributed by atoms with Gasteiger partial charge in [0, 0.05) is 32.9 Å². The van der Waals surface area contributed by atoms with Crippen molar-refractivity contribution < 1.29 is 22.7 Å². The second-order valence-corrected chi connectivity index (χ2v) is 7.90. The fraction of sp³-hybridized carbons (Fsp3) is 0.647. The molecule has 0 aromatic carbocycles. The average molecular weight is 394 g/mol. The van der Waals surface area contributed by atoms with Gasteiger partial charge < -0.3 is 14.5 Å². The average Bonchev–Trinajstić information content (AvgIpc) is 2.92. The van der Waals surface area contributed by atoms with E-state index in [1.165, 1.54) is 0 Å². The van der Waals surface area contributed by atoms with Gasteiger partial charge in [-0.1, -0.05) is 11.6 Å². The molecule has 0 aliphatic carbocycles. The Morgan fingerprint density at radius 2 is 2.08 bits per heavy atom. The Bertz CT molecular complexity index is 662. The molecule has 0 unspecified atom stereocenters. The molecule has 1 aliphatic rings. The lowest BCUT2D eigenvalue weighted by molar-refractivity contribution is -0.137. The van der Waals surface area contributed by atoms with E-state index in [-0.39, 0.29) is 22.9 Å². The zero-order valence-electron chi connectivity index (χ0n) is 15.2. The highest BCUT2D eigenvalue weighted by atomic mass is 35.5. The van der Waals surface area contributed by atoms with Crippen LogP contribution in [0.4, 0.5) is 23.8 Å². The molecule has 1 saturated heterocycles. The van der Waals surface area contributed by atoms with E-state index < -0.39 is 17.3 Å². The Balaban J connectivity index is 1.97. The number of nitrogens with zero attached hydrogens (tertiary/aromatic N) is 3. The molecule has 26 heavy (non-hydrogen) atoms. The number of hydrogen-bond donors (Lipinski definition) is 0. The monoisotopic (exact) mass is 393 g/mol. The maximum absolute atomic E-state index is 12.7. The minimum Gasteiger partial charge on any atom is -0.444 e. The highest BCUT2D eigenvalue weighted by Crippen LogP contribution is 2.33. The molecule has 0 saturated carbocycles. The number of pyridine rings is 1. The van der Waals surface area contributed by atoms with E-state index in [0.29, 0.717) is 19.6 Å². The van der Waals surface area contributed by atoms with Gasteiger partial charge in [0.15, 0.2) is 0 Å².